The number of anilines is 1. The van der Waals surface area contributed by atoms with Gasteiger partial charge in [-0.25, -0.2) is 0 Å². The fourth-order valence-electron chi connectivity index (χ4n) is 3.53. The normalized spacial score (nSPS) is 21.9. The number of rotatable bonds is 3. The van der Waals surface area contributed by atoms with Crippen LogP contribution in [0, 0.1) is 0 Å². The molecule has 1 aromatic rings. The number of nitrogens with zero attached hydrogens (tertiary/aromatic N) is 1. The van der Waals surface area contributed by atoms with Crippen LogP contribution in [-0.2, 0) is 5.54 Å². The number of nitrogens with two attached hydrogens (primary N) is 1. The molecule has 1 aromatic carbocycles. The van der Waals surface area contributed by atoms with Crippen molar-refractivity contribution in [2.75, 3.05) is 25.1 Å². The lowest BCUT2D eigenvalue weighted by Crippen LogP contribution is -2.34. The molecule has 3 heteroatoms. The van der Waals surface area contributed by atoms with Crippen LogP contribution in [0.2, 0.25) is 0 Å². The maximum Gasteiger partial charge on any atom is 0.124 e. The Hall–Kier alpha value is -1.22. The minimum absolute atomic E-state index is 0.179. The van der Waals surface area contributed by atoms with Gasteiger partial charge in [-0.15, -0.1) is 0 Å². The van der Waals surface area contributed by atoms with Crippen molar-refractivity contribution in [3.05, 3.63) is 23.8 Å². The third kappa shape index (κ3) is 2.32. The average molecular weight is 260 g/mol. The Bertz CT molecular complexity index is 446. The zero-order valence-corrected chi connectivity index (χ0v) is 11.8. The molecular weight excluding hydrogens is 236 g/mol. The van der Waals surface area contributed by atoms with Crippen molar-refractivity contribution in [2.24, 2.45) is 5.73 Å². The minimum atomic E-state index is -0.179. The third-order valence-corrected chi connectivity index (χ3v) is 4.69. The summed E-state index contributed by atoms with van der Waals surface area (Å²) in [5.74, 6) is 0.951. The summed E-state index contributed by atoms with van der Waals surface area (Å²) in [4.78, 5) is 2.46. The standard InChI is InChI=1S/C16H24N2O/c1-19-15-7-6-13(18-10-4-5-11-18)12-14(15)16(17)8-2-3-9-16/h6-7,12H,2-5,8-11,17H2,1H3. The molecule has 2 aliphatic rings. The lowest BCUT2D eigenvalue weighted by Gasteiger charge is -2.28. The van der Waals surface area contributed by atoms with Gasteiger partial charge in [-0.3, -0.25) is 0 Å². The Morgan fingerprint density at radius 3 is 2.42 bits per heavy atom. The molecular formula is C16H24N2O. The largest absolute Gasteiger partial charge is 0.496 e. The van der Waals surface area contributed by atoms with Crippen LogP contribution in [0.1, 0.15) is 44.1 Å². The molecule has 1 saturated heterocycles. The molecule has 0 spiro atoms. The van der Waals surface area contributed by atoms with Gasteiger partial charge in [0.25, 0.3) is 0 Å². The zero-order chi connectivity index (χ0) is 13.3. The topological polar surface area (TPSA) is 38.5 Å². The maximum absolute atomic E-state index is 6.63. The van der Waals surface area contributed by atoms with Crippen molar-refractivity contribution in [2.45, 2.75) is 44.1 Å². The second-order valence-electron chi connectivity index (χ2n) is 5.94. The Morgan fingerprint density at radius 2 is 1.79 bits per heavy atom. The SMILES string of the molecule is COc1ccc(N2CCCC2)cc1C1(N)CCCC1. The quantitative estimate of drug-likeness (QED) is 0.908. The molecule has 0 aromatic heterocycles. The third-order valence-electron chi connectivity index (χ3n) is 4.69. The van der Waals surface area contributed by atoms with Crippen LogP contribution in [-0.4, -0.2) is 20.2 Å². The van der Waals surface area contributed by atoms with Crippen LogP contribution in [0.15, 0.2) is 18.2 Å². The van der Waals surface area contributed by atoms with Crippen molar-refractivity contribution in [1.29, 1.82) is 0 Å². The highest BCUT2D eigenvalue weighted by atomic mass is 16.5. The lowest BCUT2D eigenvalue weighted by molar-refractivity contribution is 0.379. The molecule has 3 rings (SSSR count). The molecule has 0 bridgehead atoms. The first kappa shape index (κ1) is 12.8. The monoisotopic (exact) mass is 260 g/mol. The highest BCUT2D eigenvalue weighted by Gasteiger charge is 2.34. The molecule has 2 N–H and O–H groups in total. The lowest BCUT2D eigenvalue weighted by atomic mass is 9.88. The number of benzene rings is 1. The van der Waals surface area contributed by atoms with Gasteiger partial charge >= 0.3 is 0 Å². The van der Waals surface area contributed by atoms with E-state index in [1.54, 1.807) is 7.11 Å². The predicted octanol–water partition coefficient (Wildman–Crippen LogP) is 3.02. The predicted molar refractivity (Wildman–Crippen MR) is 78.8 cm³/mol. The molecule has 0 unspecified atom stereocenters. The number of hydrogen-bond acceptors (Lipinski definition) is 3. The molecule has 1 aliphatic carbocycles. The van der Waals surface area contributed by atoms with Gasteiger partial charge in [0, 0.05) is 29.9 Å². The smallest absolute Gasteiger partial charge is 0.124 e. The summed E-state index contributed by atoms with van der Waals surface area (Å²) in [5.41, 5.74) is 8.96. The summed E-state index contributed by atoms with van der Waals surface area (Å²) < 4.78 is 5.54. The van der Waals surface area contributed by atoms with Crippen LogP contribution in [0.3, 0.4) is 0 Å². The van der Waals surface area contributed by atoms with Crippen LogP contribution < -0.4 is 15.4 Å². The number of hydrogen-bond donors (Lipinski definition) is 1. The highest BCUT2D eigenvalue weighted by Crippen LogP contribution is 2.42. The maximum atomic E-state index is 6.63. The molecule has 1 saturated carbocycles. The van der Waals surface area contributed by atoms with Crippen LogP contribution >= 0.6 is 0 Å². The van der Waals surface area contributed by atoms with Crippen molar-refractivity contribution in [3.8, 4) is 5.75 Å². The van der Waals surface area contributed by atoms with E-state index in [0.717, 1.165) is 18.6 Å². The van der Waals surface area contributed by atoms with E-state index in [2.05, 4.69) is 23.1 Å². The molecule has 1 aliphatic heterocycles. The summed E-state index contributed by atoms with van der Waals surface area (Å²) in [5, 5.41) is 0. The molecule has 1 heterocycles. The summed E-state index contributed by atoms with van der Waals surface area (Å²) in [7, 11) is 1.74. The first-order valence-corrected chi connectivity index (χ1v) is 7.45. The summed E-state index contributed by atoms with van der Waals surface area (Å²) in [6.07, 6.45) is 7.21. The van der Waals surface area contributed by atoms with Crippen LogP contribution in [0.4, 0.5) is 5.69 Å². The second-order valence-corrected chi connectivity index (χ2v) is 5.94. The molecule has 0 atom stereocenters. The van der Waals surface area contributed by atoms with Gasteiger partial charge in [0.15, 0.2) is 0 Å². The Morgan fingerprint density at radius 1 is 1.11 bits per heavy atom. The molecule has 0 radical (unpaired) electrons. The van der Waals surface area contributed by atoms with E-state index >= 15 is 0 Å². The van der Waals surface area contributed by atoms with E-state index in [-0.39, 0.29) is 5.54 Å². The molecule has 104 valence electrons. The Balaban J connectivity index is 1.97. The van der Waals surface area contributed by atoms with E-state index in [1.807, 2.05) is 0 Å². The van der Waals surface area contributed by atoms with Gasteiger partial charge < -0.3 is 15.4 Å². The van der Waals surface area contributed by atoms with E-state index in [1.165, 1.54) is 50.0 Å². The molecule has 19 heavy (non-hydrogen) atoms. The molecule has 3 nitrogen and oxygen atoms in total. The highest BCUT2D eigenvalue weighted by molar-refractivity contribution is 5.56. The summed E-state index contributed by atoms with van der Waals surface area (Å²) in [6.45, 7) is 2.34. The first-order valence-electron chi connectivity index (χ1n) is 7.45. The van der Waals surface area contributed by atoms with Crippen molar-refractivity contribution in [1.82, 2.24) is 0 Å². The van der Waals surface area contributed by atoms with E-state index in [0.29, 0.717) is 0 Å². The number of methoxy groups -OCH3 is 1. The van der Waals surface area contributed by atoms with Crippen LogP contribution in [0.25, 0.3) is 0 Å². The Kier molecular flexibility index (Phi) is 3.40. The van der Waals surface area contributed by atoms with Crippen molar-refractivity contribution < 1.29 is 4.74 Å². The van der Waals surface area contributed by atoms with Gasteiger partial charge in [0.1, 0.15) is 5.75 Å². The van der Waals surface area contributed by atoms with E-state index in [4.69, 9.17) is 10.5 Å². The van der Waals surface area contributed by atoms with E-state index in [9.17, 15) is 0 Å². The first-order chi connectivity index (χ1) is 9.23. The number of ether oxygens (including phenoxy) is 1. The van der Waals surface area contributed by atoms with Crippen molar-refractivity contribution >= 4 is 5.69 Å². The zero-order valence-electron chi connectivity index (χ0n) is 11.8. The molecule has 2 fully saturated rings. The fraction of sp³-hybridized carbons (Fsp3) is 0.625. The van der Waals surface area contributed by atoms with Crippen molar-refractivity contribution in [3.63, 3.8) is 0 Å². The second kappa shape index (κ2) is 5.04. The van der Waals surface area contributed by atoms with Gasteiger partial charge in [-0.1, -0.05) is 12.8 Å². The summed E-state index contributed by atoms with van der Waals surface area (Å²) in [6, 6.07) is 6.54. The van der Waals surface area contributed by atoms with Gasteiger partial charge in [-0.2, -0.15) is 0 Å². The minimum Gasteiger partial charge on any atom is -0.496 e. The van der Waals surface area contributed by atoms with Crippen LogP contribution in [0.5, 0.6) is 5.75 Å². The van der Waals surface area contributed by atoms with Gasteiger partial charge in [0.05, 0.1) is 7.11 Å². The average Bonchev–Trinajstić information content (AvgIpc) is 3.10. The fourth-order valence-corrected chi connectivity index (χ4v) is 3.53. The van der Waals surface area contributed by atoms with E-state index < -0.39 is 0 Å². The Labute approximate surface area is 115 Å². The summed E-state index contributed by atoms with van der Waals surface area (Å²) >= 11 is 0. The van der Waals surface area contributed by atoms with Gasteiger partial charge in [-0.05, 0) is 43.9 Å². The molecule has 0 amide bonds. The van der Waals surface area contributed by atoms with Gasteiger partial charge in [0.2, 0.25) is 0 Å².